The molecular formula is C31H28N4O7. The number of carbonyl (C=O) groups excluding carboxylic acids is 3. The Hall–Kier alpha value is -5.45. The zero-order chi connectivity index (χ0) is 29.6. The second-order valence-electron chi connectivity index (χ2n) is 9.73. The average Bonchev–Trinajstić information content (AvgIpc) is 3.52. The van der Waals surface area contributed by atoms with Crippen molar-refractivity contribution < 1.29 is 33.8 Å². The van der Waals surface area contributed by atoms with Gasteiger partial charge in [0.2, 0.25) is 5.91 Å². The van der Waals surface area contributed by atoms with Crippen molar-refractivity contribution in [2.45, 2.75) is 25.0 Å². The van der Waals surface area contributed by atoms with Gasteiger partial charge in [-0.1, -0.05) is 78.9 Å². The number of nitrogens with zero attached hydrogens (tertiary/aromatic N) is 2. The second-order valence-corrected chi connectivity index (χ2v) is 9.73. The highest BCUT2D eigenvalue weighted by atomic mass is 16.5. The molecule has 42 heavy (non-hydrogen) atoms. The highest BCUT2D eigenvalue weighted by Crippen LogP contribution is 2.44. The molecule has 0 saturated carbocycles. The first-order valence-electron chi connectivity index (χ1n) is 13.2. The van der Waals surface area contributed by atoms with Crippen LogP contribution in [0.4, 0.5) is 10.5 Å². The number of hydrogen-bond acceptors (Lipinski definition) is 7. The van der Waals surface area contributed by atoms with Crippen LogP contribution < -0.4 is 10.6 Å². The van der Waals surface area contributed by atoms with Crippen molar-refractivity contribution in [1.82, 2.24) is 15.1 Å². The van der Waals surface area contributed by atoms with Crippen LogP contribution in [0.1, 0.15) is 39.5 Å². The van der Waals surface area contributed by atoms with Gasteiger partial charge in [-0.15, -0.1) is 0 Å². The van der Waals surface area contributed by atoms with Crippen LogP contribution in [0.25, 0.3) is 11.1 Å². The predicted octanol–water partition coefficient (Wildman–Crippen LogP) is 4.10. The first-order valence-corrected chi connectivity index (χ1v) is 13.2. The number of anilines is 1. The molecule has 1 atom stereocenters. The Morgan fingerprint density at radius 1 is 0.905 bits per heavy atom. The number of carboxylic acids is 1. The van der Waals surface area contributed by atoms with Crippen LogP contribution in [0.15, 0.2) is 85.1 Å². The monoisotopic (exact) mass is 568 g/mol. The molecule has 0 saturated heterocycles. The van der Waals surface area contributed by atoms with Gasteiger partial charge in [0.05, 0.1) is 12.1 Å². The van der Waals surface area contributed by atoms with E-state index in [0.29, 0.717) is 0 Å². The first kappa shape index (κ1) is 28.1. The number of nitrogens with one attached hydrogen (secondary N) is 2. The minimum Gasteiger partial charge on any atom is -0.476 e. The molecule has 11 nitrogen and oxygen atoms in total. The highest BCUT2D eigenvalue weighted by Gasteiger charge is 2.31. The lowest BCUT2D eigenvalue weighted by Gasteiger charge is -2.19. The number of aromatic carboxylic acids is 1. The van der Waals surface area contributed by atoms with Crippen LogP contribution in [0, 0.1) is 0 Å². The predicted molar refractivity (Wildman–Crippen MR) is 152 cm³/mol. The third-order valence-corrected chi connectivity index (χ3v) is 6.85. The van der Waals surface area contributed by atoms with E-state index in [1.54, 1.807) is 24.3 Å². The number of amides is 2. The Kier molecular flexibility index (Phi) is 8.28. The Morgan fingerprint density at radius 3 is 2.17 bits per heavy atom. The molecule has 11 heteroatoms. The number of ether oxygens (including phenoxy) is 2. The smallest absolute Gasteiger partial charge is 0.407 e. The molecule has 214 valence electrons. The topological polar surface area (TPSA) is 149 Å². The maximum Gasteiger partial charge on any atom is 0.407 e. The minimum absolute atomic E-state index is 0.00157. The summed E-state index contributed by atoms with van der Waals surface area (Å²) in [5, 5.41) is 18.1. The number of aryl methyl sites for hydroxylation is 1. The molecule has 0 unspecified atom stereocenters. The van der Waals surface area contributed by atoms with Crippen molar-refractivity contribution in [3.63, 3.8) is 0 Å². The van der Waals surface area contributed by atoms with Crippen molar-refractivity contribution in [2.75, 3.05) is 11.9 Å². The zero-order valence-electron chi connectivity index (χ0n) is 22.7. The molecule has 1 aromatic heterocycles. The number of hydrogen-bond donors (Lipinski definition) is 3. The van der Waals surface area contributed by atoms with E-state index in [1.165, 1.54) is 17.9 Å². The highest BCUT2D eigenvalue weighted by molar-refractivity contribution is 6.02. The van der Waals surface area contributed by atoms with Crippen LogP contribution in [-0.4, -0.2) is 51.5 Å². The number of carbonyl (C=O) groups is 4. The van der Waals surface area contributed by atoms with Gasteiger partial charge in [0.25, 0.3) is 0 Å². The van der Waals surface area contributed by atoms with E-state index in [0.717, 1.165) is 27.8 Å². The number of benzene rings is 3. The molecule has 3 N–H and O–H groups in total. The summed E-state index contributed by atoms with van der Waals surface area (Å²) in [6, 6.07) is 23.3. The lowest BCUT2D eigenvalue weighted by molar-refractivity contribution is -0.146. The summed E-state index contributed by atoms with van der Waals surface area (Å²) in [4.78, 5) is 50.4. The van der Waals surface area contributed by atoms with E-state index in [2.05, 4.69) is 15.7 Å². The van der Waals surface area contributed by atoms with Crippen molar-refractivity contribution in [3.8, 4) is 11.1 Å². The van der Waals surface area contributed by atoms with Gasteiger partial charge < -0.3 is 25.2 Å². The van der Waals surface area contributed by atoms with E-state index in [-0.39, 0.29) is 24.8 Å². The fourth-order valence-corrected chi connectivity index (χ4v) is 4.91. The molecular weight excluding hydrogens is 540 g/mol. The molecule has 3 aromatic carbocycles. The average molecular weight is 569 g/mol. The number of aromatic nitrogens is 2. The first-order chi connectivity index (χ1) is 20.3. The summed E-state index contributed by atoms with van der Waals surface area (Å²) >= 11 is 0. The molecule has 1 aliphatic rings. The summed E-state index contributed by atoms with van der Waals surface area (Å²) in [6.45, 7) is -0.0247. The van der Waals surface area contributed by atoms with Crippen LogP contribution in [-0.2, 0) is 32.7 Å². The van der Waals surface area contributed by atoms with Crippen LogP contribution >= 0.6 is 0 Å². The van der Waals surface area contributed by atoms with E-state index in [4.69, 9.17) is 9.47 Å². The number of carboxylic acid groups (broad SMARTS) is 1. The Labute approximate surface area is 241 Å². The van der Waals surface area contributed by atoms with E-state index < -0.39 is 42.1 Å². The second kappa shape index (κ2) is 12.4. The molecule has 1 heterocycles. The largest absolute Gasteiger partial charge is 0.476 e. The SMILES string of the molecule is Cn1cc(NC(=O)[C@H](CC(=O)OCc2ccccc2)NC(=O)OCC2c3ccccc3-c3ccccc32)c(C(=O)O)n1. The number of fused-ring (bicyclic) bond motifs is 3. The van der Waals surface area contributed by atoms with Gasteiger partial charge in [-0.2, -0.15) is 5.10 Å². The van der Waals surface area contributed by atoms with Crippen molar-refractivity contribution >= 4 is 29.6 Å². The van der Waals surface area contributed by atoms with Gasteiger partial charge >= 0.3 is 18.0 Å². The normalized spacial score (nSPS) is 12.5. The Balaban J connectivity index is 1.28. The maximum absolute atomic E-state index is 13.2. The number of rotatable bonds is 10. The lowest BCUT2D eigenvalue weighted by atomic mass is 9.98. The molecule has 1 aliphatic carbocycles. The molecule has 0 radical (unpaired) electrons. The summed E-state index contributed by atoms with van der Waals surface area (Å²) in [6.07, 6.45) is -0.136. The minimum atomic E-state index is -1.43. The van der Waals surface area contributed by atoms with Crippen molar-refractivity contribution in [3.05, 3.63) is 107 Å². The molecule has 0 bridgehead atoms. The molecule has 0 aliphatic heterocycles. The van der Waals surface area contributed by atoms with Gasteiger partial charge in [-0.3, -0.25) is 14.3 Å². The zero-order valence-corrected chi connectivity index (χ0v) is 22.7. The molecule has 0 spiro atoms. The molecule has 4 aromatic rings. The van der Waals surface area contributed by atoms with Crippen LogP contribution in [0.3, 0.4) is 0 Å². The third kappa shape index (κ3) is 6.30. The lowest BCUT2D eigenvalue weighted by Crippen LogP contribution is -2.45. The fraction of sp³-hybridized carbons (Fsp3) is 0.194. The quantitative estimate of drug-likeness (QED) is 0.242. The van der Waals surface area contributed by atoms with Crippen molar-refractivity contribution in [1.29, 1.82) is 0 Å². The van der Waals surface area contributed by atoms with E-state index >= 15 is 0 Å². The number of alkyl carbamates (subject to hydrolysis) is 1. The van der Waals surface area contributed by atoms with Gasteiger partial charge in [0.1, 0.15) is 19.3 Å². The fourth-order valence-electron chi connectivity index (χ4n) is 4.91. The number of esters is 1. The van der Waals surface area contributed by atoms with Gasteiger partial charge in [-0.25, -0.2) is 9.59 Å². The Bertz CT molecular complexity index is 1590. The van der Waals surface area contributed by atoms with E-state index in [9.17, 15) is 24.3 Å². The van der Waals surface area contributed by atoms with Crippen molar-refractivity contribution in [2.24, 2.45) is 7.05 Å². The van der Waals surface area contributed by atoms with Crippen LogP contribution in [0.2, 0.25) is 0 Å². The van der Waals surface area contributed by atoms with Gasteiger partial charge in [0.15, 0.2) is 5.69 Å². The molecule has 2 amide bonds. The van der Waals surface area contributed by atoms with Gasteiger partial charge in [0, 0.05) is 19.2 Å². The molecule has 5 rings (SSSR count). The summed E-state index contributed by atoms with van der Waals surface area (Å²) in [5.41, 5.74) is 4.42. The standard InChI is InChI=1S/C31H28N4O7/c1-35-16-26(28(34-35)30(38)39)32-29(37)25(15-27(36)41-17-19-9-3-2-4-10-19)33-31(40)42-18-24-22-13-7-5-11-20(22)21-12-6-8-14-23(21)24/h2-14,16,24-25H,15,17-18H2,1H3,(H,32,37)(H,33,40)(H,38,39)/t25-/m0/s1. The van der Waals surface area contributed by atoms with Gasteiger partial charge in [-0.05, 0) is 27.8 Å². The Morgan fingerprint density at radius 2 is 1.52 bits per heavy atom. The van der Waals surface area contributed by atoms with Crippen LogP contribution in [0.5, 0.6) is 0 Å². The maximum atomic E-state index is 13.2. The summed E-state index contributed by atoms with van der Waals surface area (Å²) in [5.74, 6) is -3.15. The van der Waals surface area contributed by atoms with E-state index in [1.807, 2.05) is 54.6 Å². The molecule has 0 fully saturated rings. The summed E-state index contributed by atoms with van der Waals surface area (Å²) in [7, 11) is 1.50. The third-order valence-electron chi connectivity index (χ3n) is 6.85. The summed E-state index contributed by atoms with van der Waals surface area (Å²) < 4.78 is 12.1.